The van der Waals surface area contributed by atoms with Gasteiger partial charge in [-0.25, -0.2) is 4.79 Å². The summed E-state index contributed by atoms with van der Waals surface area (Å²) in [5.41, 5.74) is 0.349. The van der Waals surface area contributed by atoms with E-state index in [0.29, 0.717) is 10.4 Å². The van der Waals surface area contributed by atoms with Gasteiger partial charge in [-0.3, -0.25) is 19.7 Å². The van der Waals surface area contributed by atoms with Gasteiger partial charge in [0.25, 0.3) is 11.6 Å². The monoisotopic (exact) mass is 506 g/mol. The average Bonchev–Trinajstić information content (AvgIpc) is 3.37. The van der Waals surface area contributed by atoms with Gasteiger partial charge >= 0.3 is 5.97 Å². The van der Waals surface area contributed by atoms with Crippen LogP contribution < -0.4 is 10.1 Å². The molecule has 0 saturated heterocycles. The summed E-state index contributed by atoms with van der Waals surface area (Å²) >= 11 is 6.98. The Kier molecular flexibility index (Phi) is 7.69. The third-order valence-corrected chi connectivity index (χ3v) is 6.17. The number of nitrogens with one attached hydrogen (secondary N) is 1. The predicted molar refractivity (Wildman–Crippen MR) is 124 cm³/mol. The molecule has 0 spiro atoms. The van der Waals surface area contributed by atoms with Gasteiger partial charge in [-0.1, -0.05) is 11.6 Å². The molecule has 34 heavy (non-hydrogen) atoms. The van der Waals surface area contributed by atoms with Crippen LogP contribution in [0.15, 0.2) is 34.7 Å². The lowest BCUT2D eigenvalue weighted by atomic mass is 10.1. The minimum absolute atomic E-state index is 0.0750. The van der Waals surface area contributed by atoms with E-state index in [1.165, 1.54) is 37.3 Å². The fraction of sp³-hybridized carbons (Fsp3) is 0.227. The molecule has 1 aromatic carbocycles. The smallest absolute Gasteiger partial charge is 0.341 e. The van der Waals surface area contributed by atoms with Crippen molar-refractivity contribution in [2.45, 2.75) is 27.4 Å². The molecule has 3 aromatic rings. The van der Waals surface area contributed by atoms with Gasteiger partial charge in [0.05, 0.1) is 33.1 Å². The molecule has 0 saturated carbocycles. The number of hydrogen-bond donors (Lipinski definition) is 1. The van der Waals surface area contributed by atoms with E-state index in [9.17, 15) is 24.5 Å². The first-order chi connectivity index (χ1) is 16.1. The minimum Gasteiger partial charge on any atom is -0.484 e. The molecule has 0 atom stereocenters. The SMILES string of the molecule is CCOC(=O)c1c(NC(=O)c2ccc(COc3cc([N+](=O)[O-])ccc3Cl)o2)sc(C(C)=O)c1C. The molecule has 3 rings (SSSR count). The lowest BCUT2D eigenvalue weighted by Crippen LogP contribution is -2.14. The van der Waals surface area contributed by atoms with Crippen LogP contribution in [0.25, 0.3) is 0 Å². The van der Waals surface area contributed by atoms with Crippen LogP contribution in [0.1, 0.15) is 55.8 Å². The van der Waals surface area contributed by atoms with Gasteiger partial charge in [0.2, 0.25) is 0 Å². The zero-order valence-corrected chi connectivity index (χ0v) is 19.9. The van der Waals surface area contributed by atoms with Crippen molar-refractivity contribution >= 4 is 51.3 Å². The molecule has 0 unspecified atom stereocenters. The van der Waals surface area contributed by atoms with Crippen molar-refractivity contribution in [2.24, 2.45) is 0 Å². The molecule has 12 heteroatoms. The van der Waals surface area contributed by atoms with Crippen molar-refractivity contribution < 1.29 is 33.2 Å². The summed E-state index contributed by atoms with van der Waals surface area (Å²) in [6, 6.07) is 6.67. The maximum atomic E-state index is 12.7. The van der Waals surface area contributed by atoms with E-state index < -0.39 is 16.8 Å². The summed E-state index contributed by atoms with van der Waals surface area (Å²) < 4.78 is 16.0. The number of nitrogens with zero attached hydrogens (tertiary/aromatic N) is 1. The van der Waals surface area contributed by atoms with Crippen molar-refractivity contribution in [3.8, 4) is 5.75 Å². The summed E-state index contributed by atoms with van der Waals surface area (Å²) in [7, 11) is 0. The van der Waals surface area contributed by atoms with Gasteiger partial charge in [0.1, 0.15) is 23.1 Å². The lowest BCUT2D eigenvalue weighted by Gasteiger charge is -2.07. The molecule has 0 radical (unpaired) electrons. The van der Waals surface area contributed by atoms with Crippen LogP contribution in [0.2, 0.25) is 5.02 Å². The third-order valence-electron chi connectivity index (χ3n) is 4.55. The van der Waals surface area contributed by atoms with E-state index in [1.54, 1.807) is 13.8 Å². The van der Waals surface area contributed by atoms with Crippen molar-refractivity contribution in [1.29, 1.82) is 0 Å². The van der Waals surface area contributed by atoms with Gasteiger partial charge in [0.15, 0.2) is 11.5 Å². The van der Waals surface area contributed by atoms with Crippen LogP contribution in [0.3, 0.4) is 0 Å². The van der Waals surface area contributed by atoms with Crippen molar-refractivity contribution in [3.05, 3.63) is 73.0 Å². The number of carbonyl (C=O) groups is 3. The number of amides is 1. The molecule has 1 amide bonds. The van der Waals surface area contributed by atoms with Gasteiger partial charge < -0.3 is 19.2 Å². The number of rotatable bonds is 9. The number of nitro benzene ring substituents is 1. The zero-order valence-electron chi connectivity index (χ0n) is 18.3. The van der Waals surface area contributed by atoms with Gasteiger partial charge in [-0.2, -0.15) is 0 Å². The highest BCUT2D eigenvalue weighted by Gasteiger charge is 2.26. The highest BCUT2D eigenvalue weighted by atomic mass is 35.5. The second kappa shape index (κ2) is 10.5. The Morgan fingerprint density at radius 2 is 1.97 bits per heavy atom. The second-order valence-corrected chi connectivity index (χ2v) is 8.35. The van der Waals surface area contributed by atoms with Gasteiger partial charge in [-0.05, 0) is 44.5 Å². The fourth-order valence-corrected chi connectivity index (χ4v) is 4.25. The molecule has 2 heterocycles. The Bertz CT molecular complexity index is 1280. The molecule has 0 bridgehead atoms. The Morgan fingerprint density at radius 1 is 1.24 bits per heavy atom. The first-order valence-corrected chi connectivity index (χ1v) is 11.1. The number of ether oxygens (including phenoxy) is 2. The zero-order chi connectivity index (χ0) is 25.0. The number of Topliss-reactive ketones (excluding diaryl/α,β-unsaturated/α-hetero) is 1. The first-order valence-electron chi connectivity index (χ1n) is 9.90. The van der Waals surface area contributed by atoms with Crippen LogP contribution in [-0.4, -0.2) is 29.2 Å². The van der Waals surface area contributed by atoms with E-state index in [0.717, 1.165) is 11.3 Å². The predicted octanol–water partition coefficient (Wildman–Crippen LogP) is 5.42. The molecule has 10 nitrogen and oxygen atoms in total. The molecule has 0 aliphatic rings. The Morgan fingerprint density at radius 3 is 2.62 bits per heavy atom. The molecule has 0 aliphatic heterocycles. The topological polar surface area (TPSA) is 138 Å². The van der Waals surface area contributed by atoms with Gasteiger partial charge in [0, 0.05) is 6.07 Å². The number of ketones is 1. The first kappa shape index (κ1) is 24.9. The summed E-state index contributed by atoms with van der Waals surface area (Å²) in [6.07, 6.45) is 0. The number of hydrogen-bond acceptors (Lipinski definition) is 9. The molecule has 2 aromatic heterocycles. The Labute approximate surface area is 202 Å². The van der Waals surface area contributed by atoms with E-state index in [-0.39, 0.29) is 57.5 Å². The van der Waals surface area contributed by atoms with Crippen molar-refractivity contribution in [1.82, 2.24) is 0 Å². The van der Waals surface area contributed by atoms with Crippen LogP contribution in [0, 0.1) is 17.0 Å². The Balaban J connectivity index is 1.76. The minimum atomic E-state index is -0.651. The molecule has 1 N–H and O–H groups in total. The van der Waals surface area contributed by atoms with Crippen LogP contribution in [0.5, 0.6) is 5.75 Å². The summed E-state index contributed by atoms with van der Waals surface area (Å²) in [5, 5.41) is 13.9. The number of carbonyl (C=O) groups excluding carboxylic acids is 3. The Hall–Kier alpha value is -3.70. The van der Waals surface area contributed by atoms with Gasteiger partial charge in [-0.15, -0.1) is 11.3 Å². The van der Waals surface area contributed by atoms with E-state index in [2.05, 4.69) is 5.32 Å². The number of furan rings is 1. The molecule has 0 aliphatic carbocycles. The van der Waals surface area contributed by atoms with E-state index in [4.69, 9.17) is 25.5 Å². The number of anilines is 1. The van der Waals surface area contributed by atoms with Crippen molar-refractivity contribution in [3.63, 3.8) is 0 Å². The second-order valence-electron chi connectivity index (χ2n) is 6.92. The highest BCUT2D eigenvalue weighted by molar-refractivity contribution is 7.18. The number of nitro groups is 1. The normalized spacial score (nSPS) is 10.6. The van der Waals surface area contributed by atoms with Crippen LogP contribution in [-0.2, 0) is 11.3 Å². The molecule has 0 fully saturated rings. The highest BCUT2D eigenvalue weighted by Crippen LogP contribution is 2.34. The van der Waals surface area contributed by atoms with Crippen LogP contribution in [0.4, 0.5) is 10.7 Å². The fourth-order valence-electron chi connectivity index (χ4n) is 2.99. The maximum absolute atomic E-state index is 12.7. The molecular formula is C22H19ClN2O8S. The average molecular weight is 507 g/mol. The number of benzene rings is 1. The number of non-ortho nitro benzene ring substituents is 1. The number of thiophene rings is 1. The summed E-state index contributed by atoms with van der Waals surface area (Å²) in [4.78, 5) is 47.7. The number of halogens is 1. The largest absolute Gasteiger partial charge is 0.484 e. The molecular weight excluding hydrogens is 488 g/mol. The quantitative estimate of drug-likeness (QED) is 0.175. The number of esters is 1. The molecule has 178 valence electrons. The van der Waals surface area contributed by atoms with E-state index in [1.807, 2.05) is 0 Å². The third kappa shape index (κ3) is 5.43. The van der Waals surface area contributed by atoms with Crippen molar-refractivity contribution in [2.75, 3.05) is 11.9 Å². The maximum Gasteiger partial charge on any atom is 0.341 e. The summed E-state index contributed by atoms with van der Waals surface area (Å²) in [5.74, 6) is -1.28. The van der Waals surface area contributed by atoms with E-state index >= 15 is 0 Å². The van der Waals surface area contributed by atoms with Crippen LogP contribution >= 0.6 is 22.9 Å². The summed E-state index contributed by atoms with van der Waals surface area (Å²) in [6.45, 7) is 4.61. The standard InChI is InChI=1S/C22H19ClN2O8S/c1-4-31-22(28)18-11(2)19(12(3)26)34-21(18)24-20(27)16-8-6-14(33-16)10-32-17-9-13(25(29)30)5-7-15(17)23/h5-9H,4,10H2,1-3H3,(H,24,27). The lowest BCUT2D eigenvalue weighted by molar-refractivity contribution is -0.384.